The van der Waals surface area contributed by atoms with Crippen LogP contribution in [0.4, 0.5) is 0 Å². The van der Waals surface area contributed by atoms with Crippen LogP contribution in [0, 0.1) is 0 Å². The molecule has 1 aromatic heterocycles. The molecule has 4 aromatic carbocycles. The second-order valence-corrected chi connectivity index (χ2v) is 11.7. The van der Waals surface area contributed by atoms with E-state index in [-0.39, 0.29) is 5.78 Å². The minimum atomic E-state index is -0.415. The fourth-order valence-corrected chi connectivity index (χ4v) is 6.66. The van der Waals surface area contributed by atoms with E-state index >= 15 is 0 Å². The highest BCUT2D eigenvalue weighted by atomic mass is 32.1. The first kappa shape index (κ1) is 28.6. The van der Waals surface area contributed by atoms with E-state index in [1.165, 1.54) is 19.3 Å². The number of carbonyl (C=O) groups excluding carboxylic acids is 2. The van der Waals surface area contributed by atoms with Crippen molar-refractivity contribution in [3.05, 3.63) is 126 Å². The van der Waals surface area contributed by atoms with Crippen LogP contribution in [0.5, 0.6) is 11.5 Å². The van der Waals surface area contributed by atoms with Gasteiger partial charge in [0.05, 0.1) is 5.56 Å². The van der Waals surface area contributed by atoms with Crippen molar-refractivity contribution in [1.82, 2.24) is 4.90 Å². The molecular weight excluding hydrogens is 554 g/mol. The number of benzene rings is 4. The number of carbonyl (C=O) groups is 2. The van der Waals surface area contributed by atoms with Gasteiger partial charge in [-0.25, -0.2) is 4.79 Å². The topological polar surface area (TPSA) is 55.8 Å². The summed E-state index contributed by atoms with van der Waals surface area (Å²) >= 11 is 1.57. The molecule has 0 atom stereocenters. The number of fused-ring (bicyclic) bond motifs is 1. The number of likely N-dealkylation sites (tertiary alicyclic amines) is 1. The molecule has 1 aliphatic heterocycles. The largest absolute Gasteiger partial charge is 0.492 e. The van der Waals surface area contributed by atoms with E-state index in [0.717, 1.165) is 51.5 Å². The van der Waals surface area contributed by atoms with E-state index in [1.807, 2.05) is 54.6 Å². The molecule has 0 amide bonds. The van der Waals surface area contributed by atoms with Crippen molar-refractivity contribution in [2.75, 3.05) is 26.2 Å². The van der Waals surface area contributed by atoms with Crippen molar-refractivity contribution < 1.29 is 19.1 Å². The van der Waals surface area contributed by atoms with E-state index in [0.29, 0.717) is 29.0 Å². The molecule has 0 spiro atoms. The molecule has 1 saturated heterocycles. The second-order valence-electron chi connectivity index (χ2n) is 10.7. The van der Waals surface area contributed by atoms with Gasteiger partial charge in [0.15, 0.2) is 5.78 Å². The van der Waals surface area contributed by atoms with Crippen molar-refractivity contribution in [3.63, 3.8) is 0 Å². The Balaban J connectivity index is 1.24. The number of esters is 1. The number of hydrogen-bond acceptors (Lipinski definition) is 6. The Kier molecular flexibility index (Phi) is 8.77. The fraction of sp³-hybridized carbons (Fsp3) is 0.189. The van der Waals surface area contributed by atoms with Gasteiger partial charge in [0.25, 0.3) is 0 Å². The number of rotatable bonds is 10. The molecule has 1 fully saturated rings. The third kappa shape index (κ3) is 6.61. The lowest BCUT2D eigenvalue weighted by Gasteiger charge is -2.26. The number of ketones is 1. The second kappa shape index (κ2) is 13.2. The first-order valence-corrected chi connectivity index (χ1v) is 15.5. The molecular formula is C37H33NO4S. The predicted octanol–water partition coefficient (Wildman–Crippen LogP) is 8.53. The minimum absolute atomic E-state index is 0.0490. The number of nitrogens with zero attached hydrogens (tertiary/aromatic N) is 1. The summed E-state index contributed by atoms with van der Waals surface area (Å²) in [5.41, 5.74) is 3.62. The van der Waals surface area contributed by atoms with Crippen LogP contribution in [0.2, 0.25) is 0 Å². The lowest BCUT2D eigenvalue weighted by molar-refractivity contribution is 0.0734. The Morgan fingerprint density at radius 1 is 0.814 bits per heavy atom. The highest BCUT2D eigenvalue weighted by molar-refractivity contribution is 7.22. The van der Waals surface area contributed by atoms with Crippen molar-refractivity contribution in [2.45, 2.75) is 19.3 Å². The van der Waals surface area contributed by atoms with Gasteiger partial charge in [-0.3, -0.25) is 9.69 Å². The third-order valence-electron chi connectivity index (χ3n) is 7.75. The van der Waals surface area contributed by atoms with Crippen molar-refractivity contribution in [3.8, 4) is 21.9 Å². The Morgan fingerprint density at radius 3 is 2.26 bits per heavy atom. The fourth-order valence-electron chi connectivity index (χ4n) is 5.41. The Bertz CT molecular complexity index is 1730. The van der Waals surface area contributed by atoms with E-state index in [2.05, 4.69) is 17.5 Å². The van der Waals surface area contributed by atoms with Crippen molar-refractivity contribution >= 4 is 39.3 Å². The molecule has 6 rings (SSSR count). The van der Waals surface area contributed by atoms with E-state index in [9.17, 15) is 9.59 Å². The summed E-state index contributed by atoms with van der Waals surface area (Å²) in [6.45, 7) is 7.74. The summed E-state index contributed by atoms with van der Waals surface area (Å²) in [6, 6.07) is 29.7. The Labute approximate surface area is 256 Å². The van der Waals surface area contributed by atoms with Crippen molar-refractivity contribution in [2.24, 2.45) is 0 Å². The number of thiophene rings is 1. The van der Waals surface area contributed by atoms with E-state index in [4.69, 9.17) is 9.47 Å². The average Bonchev–Trinajstić information content (AvgIpc) is 3.44. The zero-order chi connectivity index (χ0) is 29.6. The van der Waals surface area contributed by atoms with Crippen LogP contribution in [0.1, 0.15) is 51.1 Å². The molecule has 0 N–H and O–H groups in total. The summed E-state index contributed by atoms with van der Waals surface area (Å²) in [6.07, 6.45) is 5.65. The molecule has 5 nitrogen and oxygen atoms in total. The van der Waals surface area contributed by atoms with Gasteiger partial charge in [-0.05, 0) is 104 Å². The molecule has 0 saturated carbocycles. The zero-order valence-electron chi connectivity index (χ0n) is 24.0. The number of piperidine rings is 1. The summed E-state index contributed by atoms with van der Waals surface area (Å²) in [7, 11) is 0. The monoisotopic (exact) mass is 587 g/mol. The summed E-state index contributed by atoms with van der Waals surface area (Å²) in [5, 5.41) is 0.900. The molecule has 6 heteroatoms. The first-order chi connectivity index (χ1) is 21.1. The maximum Gasteiger partial charge on any atom is 0.343 e. The summed E-state index contributed by atoms with van der Waals surface area (Å²) in [4.78, 5) is 29.9. The molecule has 2 heterocycles. The molecule has 43 heavy (non-hydrogen) atoms. The van der Waals surface area contributed by atoms with Crippen molar-refractivity contribution in [1.29, 1.82) is 0 Å². The summed E-state index contributed by atoms with van der Waals surface area (Å²) < 4.78 is 12.6. The zero-order valence-corrected chi connectivity index (χ0v) is 24.8. The quantitative estimate of drug-likeness (QED) is 0.0931. The van der Waals surface area contributed by atoms with E-state index < -0.39 is 5.97 Å². The average molecular weight is 588 g/mol. The maximum atomic E-state index is 14.0. The normalized spacial score (nSPS) is 13.5. The lowest BCUT2D eigenvalue weighted by atomic mass is 9.97. The molecule has 216 valence electrons. The molecule has 0 unspecified atom stereocenters. The minimum Gasteiger partial charge on any atom is -0.492 e. The Hall–Kier alpha value is -4.52. The predicted molar refractivity (Wildman–Crippen MR) is 174 cm³/mol. The smallest absolute Gasteiger partial charge is 0.343 e. The first-order valence-electron chi connectivity index (χ1n) is 14.7. The Morgan fingerprint density at radius 2 is 1.53 bits per heavy atom. The van der Waals surface area contributed by atoms with Crippen LogP contribution >= 0.6 is 11.3 Å². The standard InChI is InChI=1S/C37H33NO4S/c1-2-26-11-20-32-33(25-26)43-36(28-14-18-31(19-15-28)42-37(40)29-9-5-3-6-10-29)34(32)35(39)27-12-16-30(17-13-27)41-24-23-38-21-7-4-8-22-38/h2-3,5-6,9-20,25H,1,4,7-8,21-24H2. The van der Waals surface area contributed by atoms with Gasteiger partial charge in [0.1, 0.15) is 18.1 Å². The van der Waals surface area contributed by atoms with E-state index in [1.54, 1.807) is 53.8 Å². The van der Waals surface area contributed by atoms with Gasteiger partial charge in [-0.2, -0.15) is 0 Å². The lowest BCUT2D eigenvalue weighted by Crippen LogP contribution is -2.33. The van der Waals surface area contributed by atoms with Gasteiger partial charge in [0, 0.05) is 32.6 Å². The van der Waals surface area contributed by atoms with Crippen LogP contribution in [0.3, 0.4) is 0 Å². The van der Waals surface area contributed by atoms with Gasteiger partial charge in [-0.15, -0.1) is 11.3 Å². The molecule has 1 aliphatic rings. The van der Waals surface area contributed by atoms with Crippen LogP contribution in [0.15, 0.2) is 104 Å². The van der Waals surface area contributed by atoms with Crippen LogP contribution in [0.25, 0.3) is 26.6 Å². The highest BCUT2D eigenvalue weighted by Gasteiger charge is 2.22. The van der Waals surface area contributed by atoms with Gasteiger partial charge < -0.3 is 9.47 Å². The van der Waals surface area contributed by atoms with Gasteiger partial charge in [0.2, 0.25) is 0 Å². The number of ether oxygens (including phenoxy) is 2. The van der Waals surface area contributed by atoms with Crippen LogP contribution in [-0.4, -0.2) is 42.9 Å². The number of hydrogen-bond donors (Lipinski definition) is 0. The molecule has 5 aromatic rings. The van der Waals surface area contributed by atoms with Crippen LogP contribution < -0.4 is 9.47 Å². The van der Waals surface area contributed by atoms with Crippen LogP contribution in [-0.2, 0) is 0 Å². The molecule has 0 bridgehead atoms. The summed E-state index contributed by atoms with van der Waals surface area (Å²) in [5.74, 6) is 0.741. The SMILES string of the molecule is C=Cc1ccc2c(C(=O)c3ccc(OCCN4CCCCC4)cc3)c(-c3ccc(OC(=O)c4ccccc4)cc3)sc2c1. The molecule has 0 aliphatic carbocycles. The third-order valence-corrected chi connectivity index (χ3v) is 8.96. The van der Waals surface area contributed by atoms with Gasteiger partial charge >= 0.3 is 5.97 Å². The van der Waals surface area contributed by atoms with Gasteiger partial charge in [-0.1, -0.05) is 49.4 Å². The molecule has 0 radical (unpaired) electrons. The maximum absolute atomic E-state index is 14.0. The highest BCUT2D eigenvalue weighted by Crippen LogP contribution is 2.41.